The third-order valence-electron chi connectivity index (χ3n) is 2.71. The zero-order valence-electron chi connectivity index (χ0n) is 11.5. The minimum absolute atomic E-state index is 0.0456. The molecule has 0 saturated heterocycles. The molecule has 0 spiro atoms. The number of hydrogen-bond donors (Lipinski definition) is 0. The van der Waals surface area contributed by atoms with Crippen molar-refractivity contribution in [1.29, 1.82) is 0 Å². The first kappa shape index (κ1) is 16.0. The van der Waals surface area contributed by atoms with Gasteiger partial charge in [-0.2, -0.15) is 0 Å². The summed E-state index contributed by atoms with van der Waals surface area (Å²) in [5.74, 6) is 3.42. The molecule has 0 aliphatic rings. The molecule has 0 aromatic heterocycles. The molecule has 0 fully saturated rings. The predicted molar refractivity (Wildman–Crippen MR) is 78.4 cm³/mol. The van der Waals surface area contributed by atoms with Gasteiger partial charge in [-0.05, 0) is 39.5 Å². The SMILES string of the molecule is CCCCCC#CP(CCCC)CCCC. The van der Waals surface area contributed by atoms with E-state index in [2.05, 4.69) is 32.4 Å². The monoisotopic (exact) mass is 240 g/mol. The maximum absolute atomic E-state index is 3.56. The molecule has 0 aliphatic heterocycles. The van der Waals surface area contributed by atoms with E-state index in [9.17, 15) is 0 Å². The van der Waals surface area contributed by atoms with E-state index >= 15 is 0 Å². The Hall–Kier alpha value is -0.0100. The van der Waals surface area contributed by atoms with Crippen molar-refractivity contribution in [1.82, 2.24) is 0 Å². The molecule has 0 amide bonds. The second-order valence-electron chi connectivity index (χ2n) is 4.44. The first-order valence-corrected chi connectivity index (χ1v) is 8.79. The Kier molecular flexibility index (Phi) is 13.0. The van der Waals surface area contributed by atoms with E-state index in [-0.39, 0.29) is 7.92 Å². The maximum atomic E-state index is 3.56. The third-order valence-corrected chi connectivity index (χ3v) is 4.89. The topological polar surface area (TPSA) is 0 Å². The summed E-state index contributed by atoms with van der Waals surface area (Å²) >= 11 is 0. The quantitative estimate of drug-likeness (QED) is 0.279. The van der Waals surface area contributed by atoms with Crippen LogP contribution in [0.3, 0.4) is 0 Å². The van der Waals surface area contributed by atoms with Crippen LogP contribution in [0, 0.1) is 11.6 Å². The van der Waals surface area contributed by atoms with Gasteiger partial charge >= 0.3 is 0 Å². The standard InChI is InChI=1S/C15H29P/c1-4-7-10-11-12-15-16(13-8-5-2)14-9-6-3/h4-11,13-14H2,1-3H3. The molecular formula is C15H29P. The van der Waals surface area contributed by atoms with E-state index in [0.29, 0.717) is 0 Å². The molecule has 0 aromatic rings. The first-order valence-electron chi connectivity index (χ1n) is 7.08. The smallest absolute Gasteiger partial charge is 0.00921 e. The molecule has 0 aliphatic carbocycles. The summed E-state index contributed by atoms with van der Waals surface area (Å²) in [7, 11) is 0.0456. The van der Waals surface area contributed by atoms with Crippen LogP contribution in [0.25, 0.3) is 0 Å². The van der Waals surface area contributed by atoms with Crippen LogP contribution in [0.4, 0.5) is 0 Å². The van der Waals surface area contributed by atoms with Gasteiger partial charge in [-0.3, -0.25) is 0 Å². The molecule has 0 heterocycles. The molecule has 0 N–H and O–H groups in total. The summed E-state index contributed by atoms with van der Waals surface area (Å²) in [6.07, 6.45) is 13.2. The van der Waals surface area contributed by atoms with E-state index in [0.717, 1.165) is 6.42 Å². The lowest BCUT2D eigenvalue weighted by atomic mass is 10.2. The van der Waals surface area contributed by atoms with Crippen LogP contribution < -0.4 is 0 Å². The van der Waals surface area contributed by atoms with Gasteiger partial charge in [-0.15, -0.1) is 0 Å². The fourth-order valence-electron chi connectivity index (χ4n) is 1.55. The highest BCUT2D eigenvalue weighted by molar-refractivity contribution is 7.62. The lowest BCUT2D eigenvalue weighted by Crippen LogP contribution is -1.88. The van der Waals surface area contributed by atoms with Gasteiger partial charge in [0.05, 0.1) is 0 Å². The lowest BCUT2D eigenvalue weighted by Gasteiger charge is -2.09. The Balaban J connectivity index is 3.77. The van der Waals surface area contributed by atoms with E-state index in [1.807, 2.05) is 0 Å². The van der Waals surface area contributed by atoms with E-state index in [1.165, 1.54) is 57.3 Å². The maximum Gasteiger partial charge on any atom is 0.00921 e. The molecule has 1 heteroatoms. The van der Waals surface area contributed by atoms with Crippen LogP contribution in [0.1, 0.15) is 72.1 Å². The van der Waals surface area contributed by atoms with Crippen molar-refractivity contribution in [3.63, 3.8) is 0 Å². The van der Waals surface area contributed by atoms with Gasteiger partial charge in [-0.1, -0.05) is 58.0 Å². The summed E-state index contributed by atoms with van der Waals surface area (Å²) < 4.78 is 0. The molecule has 0 bridgehead atoms. The van der Waals surface area contributed by atoms with Gasteiger partial charge in [0.25, 0.3) is 0 Å². The summed E-state index contributed by atoms with van der Waals surface area (Å²) in [4.78, 5) is 0. The van der Waals surface area contributed by atoms with Crippen molar-refractivity contribution in [2.24, 2.45) is 0 Å². The molecule has 0 rings (SSSR count). The zero-order valence-corrected chi connectivity index (χ0v) is 12.4. The first-order chi connectivity index (χ1) is 7.85. The van der Waals surface area contributed by atoms with Crippen molar-refractivity contribution >= 4 is 7.92 Å². The Morgan fingerprint density at radius 3 is 1.81 bits per heavy atom. The van der Waals surface area contributed by atoms with Gasteiger partial charge in [0.2, 0.25) is 0 Å². The summed E-state index contributed by atoms with van der Waals surface area (Å²) in [5, 5.41) is 0. The second-order valence-corrected chi connectivity index (χ2v) is 6.64. The Morgan fingerprint density at radius 1 is 0.750 bits per heavy atom. The van der Waals surface area contributed by atoms with Crippen molar-refractivity contribution in [2.75, 3.05) is 12.3 Å². The van der Waals surface area contributed by atoms with Crippen LogP contribution in [0.15, 0.2) is 0 Å². The van der Waals surface area contributed by atoms with Gasteiger partial charge < -0.3 is 0 Å². The Labute approximate surface area is 104 Å². The van der Waals surface area contributed by atoms with E-state index < -0.39 is 0 Å². The van der Waals surface area contributed by atoms with Crippen LogP contribution in [0.5, 0.6) is 0 Å². The molecule has 16 heavy (non-hydrogen) atoms. The van der Waals surface area contributed by atoms with Crippen LogP contribution >= 0.6 is 7.92 Å². The lowest BCUT2D eigenvalue weighted by molar-refractivity contribution is 0.737. The van der Waals surface area contributed by atoms with Crippen molar-refractivity contribution < 1.29 is 0 Å². The molecule has 0 unspecified atom stereocenters. The van der Waals surface area contributed by atoms with Gasteiger partial charge in [0.1, 0.15) is 0 Å². The van der Waals surface area contributed by atoms with Crippen molar-refractivity contribution in [3.05, 3.63) is 0 Å². The Morgan fingerprint density at radius 2 is 1.31 bits per heavy atom. The largest absolute Gasteiger partial charge is 0.0987 e. The summed E-state index contributed by atoms with van der Waals surface area (Å²) in [6.45, 7) is 6.81. The molecule has 0 nitrogen and oxygen atoms in total. The van der Waals surface area contributed by atoms with Crippen molar-refractivity contribution in [3.8, 4) is 11.6 Å². The molecule has 0 atom stereocenters. The predicted octanol–water partition coefficient (Wildman–Crippen LogP) is 5.61. The van der Waals surface area contributed by atoms with Gasteiger partial charge in [0, 0.05) is 6.42 Å². The van der Waals surface area contributed by atoms with Crippen LogP contribution in [0.2, 0.25) is 0 Å². The number of hydrogen-bond acceptors (Lipinski definition) is 0. The summed E-state index contributed by atoms with van der Waals surface area (Å²) in [6, 6.07) is 0. The van der Waals surface area contributed by atoms with E-state index in [1.54, 1.807) is 0 Å². The van der Waals surface area contributed by atoms with Crippen LogP contribution in [-0.4, -0.2) is 12.3 Å². The molecular weight excluding hydrogens is 211 g/mol. The fourth-order valence-corrected chi connectivity index (χ4v) is 3.73. The number of rotatable bonds is 9. The second kappa shape index (κ2) is 13.1. The van der Waals surface area contributed by atoms with Gasteiger partial charge in [0.15, 0.2) is 0 Å². The summed E-state index contributed by atoms with van der Waals surface area (Å²) in [5.41, 5.74) is 3.56. The fraction of sp³-hybridized carbons (Fsp3) is 0.867. The average molecular weight is 240 g/mol. The average Bonchev–Trinajstić information content (AvgIpc) is 2.31. The number of unbranched alkanes of at least 4 members (excludes halogenated alkanes) is 5. The molecule has 0 radical (unpaired) electrons. The van der Waals surface area contributed by atoms with E-state index in [4.69, 9.17) is 0 Å². The highest BCUT2D eigenvalue weighted by atomic mass is 31.1. The van der Waals surface area contributed by atoms with Crippen molar-refractivity contribution in [2.45, 2.75) is 72.1 Å². The minimum Gasteiger partial charge on any atom is -0.0987 e. The third kappa shape index (κ3) is 10.5. The molecule has 0 saturated carbocycles. The van der Waals surface area contributed by atoms with Gasteiger partial charge in [-0.25, -0.2) is 0 Å². The zero-order chi connectivity index (χ0) is 12.1. The normalized spacial score (nSPS) is 10.2. The Bertz CT molecular complexity index is 179. The highest BCUT2D eigenvalue weighted by Crippen LogP contribution is 2.36. The molecule has 0 aromatic carbocycles. The molecule has 94 valence electrons. The minimum atomic E-state index is 0.0456. The highest BCUT2D eigenvalue weighted by Gasteiger charge is 2.02. The van der Waals surface area contributed by atoms with Crippen LogP contribution in [-0.2, 0) is 0 Å².